The third-order valence-electron chi connectivity index (χ3n) is 2.38. The molecular weight excluding hydrogens is 312 g/mol. The lowest BCUT2D eigenvalue weighted by Gasteiger charge is -2.23. The molecule has 1 rings (SSSR count). The second-order valence-electron chi connectivity index (χ2n) is 4.00. The van der Waals surface area contributed by atoms with Gasteiger partial charge >= 0.3 is 19.5 Å². The van der Waals surface area contributed by atoms with E-state index in [1.165, 1.54) is 0 Å². The molecule has 0 radical (unpaired) electrons. The predicted octanol–water partition coefficient (Wildman–Crippen LogP) is 1.52. The van der Waals surface area contributed by atoms with Gasteiger partial charge in [-0.3, -0.25) is 0 Å². The van der Waals surface area contributed by atoms with Gasteiger partial charge in [-0.25, -0.2) is 4.39 Å². The fraction of sp³-hybridized carbons (Fsp3) is 0.400. The van der Waals surface area contributed by atoms with E-state index in [2.05, 4.69) is 4.74 Å². The van der Waals surface area contributed by atoms with Crippen LogP contribution in [0.3, 0.4) is 0 Å². The van der Waals surface area contributed by atoms with Gasteiger partial charge in [-0.05, 0) is 11.5 Å². The minimum Gasteiger partial charge on any atom is -0.423 e. The van der Waals surface area contributed by atoms with Crippen molar-refractivity contribution < 1.29 is 45.5 Å². The molecule has 0 atom stereocenters. The first-order valence-corrected chi connectivity index (χ1v) is 5.32. The quantitative estimate of drug-likeness (QED) is 0.653. The van der Waals surface area contributed by atoms with E-state index in [1.54, 1.807) is 0 Å². The minimum absolute atomic E-state index is 0.306. The lowest BCUT2D eigenvalue weighted by molar-refractivity contribution is -0.324. The van der Waals surface area contributed by atoms with E-state index in [0.717, 1.165) is 12.1 Å². The van der Waals surface area contributed by atoms with Crippen molar-refractivity contribution in [3.05, 3.63) is 29.6 Å². The number of alkyl halides is 6. The fourth-order valence-electron chi connectivity index (χ4n) is 1.39. The summed E-state index contributed by atoms with van der Waals surface area (Å²) in [6.07, 6.45) is -15.4. The molecule has 21 heavy (non-hydrogen) atoms. The van der Waals surface area contributed by atoms with Gasteiger partial charge in [0, 0.05) is 5.56 Å². The van der Waals surface area contributed by atoms with Crippen LogP contribution in [0.1, 0.15) is 5.56 Å². The Morgan fingerprint density at radius 2 is 1.57 bits per heavy atom. The highest BCUT2D eigenvalue weighted by Crippen LogP contribution is 2.36. The molecule has 3 nitrogen and oxygen atoms in total. The first-order chi connectivity index (χ1) is 9.43. The van der Waals surface area contributed by atoms with Gasteiger partial charge in [-0.2, -0.15) is 26.3 Å². The first-order valence-electron chi connectivity index (χ1n) is 5.32. The highest BCUT2D eigenvalue weighted by atomic mass is 19.4. The Balaban J connectivity index is 2.87. The van der Waals surface area contributed by atoms with E-state index in [-0.39, 0.29) is 5.46 Å². The van der Waals surface area contributed by atoms with Gasteiger partial charge in [-0.15, -0.1) is 0 Å². The van der Waals surface area contributed by atoms with Gasteiger partial charge < -0.3 is 14.8 Å². The van der Waals surface area contributed by atoms with Crippen LogP contribution in [-0.4, -0.2) is 35.6 Å². The van der Waals surface area contributed by atoms with Crippen LogP contribution >= 0.6 is 0 Å². The van der Waals surface area contributed by atoms with Crippen LogP contribution < -0.4 is 5.46 Å². The molecule has 0 unspecified atom stereocenters. The zero-order chi connectivity index (χ0) is 16.4. The number of halogens is 7. The van der Waals surface area contributed by atoms with Crippen LogP contribution in [0.25, 0.3) is 0 Å². The summed E-state index contributed by atoms with van der Waals surface area (Å²) >= 11 is 0. The van der Waals surface area contributed by atoms with E-state index < -0.39 is 43.6 Å². The number of benzene rings is 1. The van der Waals surface area contributed by atoms with Crippen molar-refractivity contribution in [2.45, 2.75) is 25.1 Å². The Hall–Kier alpha value is -1.33. The largest absolute Gasteiger partial charge is 0.488 e. The van der Waals surface area contributed by atoms with Crippen molar-refractivity contribution in [1.82, 2.24) is 0 Å². The minimum atomic E-state index is -5.68. The van der Waals surface area contributed by atoms with Gasteiger partial charge in [0.05, 0.1) is 6.61 Å². The average molecular weight is 320 g/mol. The zero-order valence-electron chi connectivity index (χ0n) is 10.0. The molecule has 0 fully saturated rings. The van der Waals surface area contributed by atoms with Gasteiger partial charge in [0.2, 0.25) is 6.10 Å². The zero-order valence-corrected chi connectivity index (χ0v) is 10.0. The van der Waals surface area contributed by atoms with Gasteiger partial charge in [-0.1, -0.05) is 12.1 Å². The lowest BCUT2D eigenvalue weighted by Crippen LogP contribution is -2.44. The molecule has 0 saturated carbocycles. The van der Waals surface area contributed by atoms with E-state index in [1.807, 2.05) is 0 Å². The summed E-state index contributed by atoms with van der Waals surface area (Å²) in [6, 6.07) is 2.30. The monoisotopic (exact) mass is 320 g/mol. The standard InChI is InChI=1S/C10H8BF7O3/c12-7-3-6(11(19)20)2-1-5(7)4-21-8(9(13,14)15)10(16,17)18/h1-3,8,19-20H,4H2. The predicted molar refractivity (Wildman–Crippen MR) is 56.9 cm³/mol. The van der Waals surface area contributed by atoms with Crippen LogP contribution in [0.2, 0.25) is 0 Å². The Morgan fingerprint density at radius 1 is 1.05 bits per heavy atom. The van der Waals surface area contributed by atoms with Crippen molar-refractivity contribution in [2.75, 3.05) is 0 Å². The molecule has 1 aromatic carbocycles. The Kier molecular flexibility index (Phi) is 5.23. The summed E-state index contributed by atoms with van der Waals surface area (Å²) in [5.74, 6) is -1.22. The summed E-state index contributed by atoms with van der Waals surface area (Å²) in [6.45, 7) is -1.28. The van der Waals surface area contributed by atoms with Crippen molar-refractivity contribution in [3.8, 4) is 0 Å². The molecule has 0 aliphatic rings. The van der Waals surface area contributed by atoms with Crippen LogP contribution in [0, 0.1) is 5.82 Å². The molecule has 0 aliphatic heterocycles. The number of rotatable bonds is 4. The highest BCUT2D eigenvalue weighted by molar-refractivity contribution is 6.58. The summed E-state index contributed by atoms with van der Waals surface area (Å²) in [7, 11) is -2.02. The highest BCUT2D eigenvalue weighted by Gasteiger charge is 2.58. The van der Waals surface area contributed by atoms with Crippen molar-refractivity contribution in [3.63, 3.8) is 0 Å². The molecule has 0 aromatic heterocycles. The van der Waals surface area contributed by atoms with Crippen molar-refractivity contribution in [1.29, 1.82) is 0 Å². The molecule has 0 amide bonds. The third-order valence-corrected chi connectivity index (χ3v) is 2.38. The van der Waals surface area contributed by atoms with E-state index in [9.17, 15) is 30.7 Å². The molecule has 118 valence electrons. The smallest absolute Gasteiger partial charge is 0.423 e. The van der Waals surface area contributed by atoms with Gasteiger partial charge in [0.1, 0.15) is 5.82 Å². The maximum absolute atomic E-state index is 13.4. The van der Waals surface area contributed by atoms with Crippen LogP contribution in [-0.2, 0) is 11.3 Å². The molecule has 0 aliphatic carbocycles. The maximum atomic E-state index is 13.4. The molecule has 0 spiro atoms. The summed E-state index contributed by atoms with van der Waals surface area (Å²) < 4.78 is 90.2. The fourth-order valence-corrected chi connectivity index (χ4v) is 1.39. The van der Waals surface area contributed by atoms with Crippen LogP contribution in [0.5, 0.6) is 0 Å². The lowest BCUT2D eigenvalue weighted by atomic mass is 9.80. The summed E-state index contributed by atoms with van der Waals surface area (Å²) in [5.41, 5.74) is -0.891. The van der Waals surface area contributed by atoms with E-state index in [0.29, 0.717) is 6.07 Å². The third kappa shape index (κ3) is 4.86. The number of hydrogen-bond donors (Lipinski definition) is 2. The molecule has 0 saturated heterocycles. The SMILES string of the molecule is OB(O)c1ccc(COC(C(F)(F)F)C(F)(F)F)c(F)c1. The molecule has 0 heterocycles. The van der Waals surface area contributed by atoms with E-state index in [4.69, 9.17) is 10.0 Å². The Morgan fingerprint density at radius 3 is 1.95 bits per heavy atom. The normalized spacial score (nSPS) is 12.9. The van der Waals surface area contributed by atoms with E-state index >= 15 is 0 Å². The number of hydrogen-bond acceptors (Lipinski definition) is 3. The van der Waals surface area contributed by atoms with Gasteiger partial charge in [0.15, 0.2) is 0 Å². The number of ether oxygens (including phenoxy) is 1. The Labute approximate surface area is 114 Å². The van der Waals surface area contributed by atoms with Gasteiger partial charge in [0.25, 0.3) is 0 Å². The Bertz CT molecular complexity index is 473. The van der Waals surface area contributed by atoms with Crippen LogP contribution in [0.4, 0.5) is 30.7 Å². The van der Waals surface area contributed by atoms with Crippen LogP contribution in [0.15, 0.2) is 18.2 Å². The average Bonchev–Trinajstić information content (AvgIpc) is 2.27. The second kappa shape index (κ2) is 6.20. The summed E-state index contributed by atoms with van der Waals surface area (Å²) in [5, 5.41) is 17.5. The molecule has 1 aromatic rings. The molecule has 0 bridgehead atoms. The van der Waals surface area contributed by atoms with Crippen molar-refractivity contribution in [2.24, 2.45) is 0 Å². The molecule has 11 heteroatoms. The second-order valence-corrected chi connectivity index (χ2v) is 4.00. The molecule has 2 N–H and O–H groups in total. The maximum Gasteiger partial charge on any atom is 0.488 e. The molecular formula is C10H8BF7O3. The van der Waals surface area contributed by atoms with Crippen molar-refractivity contribution >= 4 is 12.6 Å². The first kappa shape index (κ1) is 17.7. The topological polar surface area (TPSA) is 49.7 Å². The summed E-state index contributed by atoms with van der Waals surface area (Å²) in [4.78, 5) is 0.